The quantitative estimate of drug-likeness (QED) is 0.899. The van der Waals surface area contributed by atoms with E-state index in [0.29, 0.717) is 11.7 Å². The SMILES string of the molecule is C[C@H]1CN(CCOc2ccccc2)CC[C@@]1(C)c1cccc(O)c1. The van der Waals surface area contributed by atoms with Gasteiger partial charge in [0.05, 0.1) is 0 Å². The number of ether oxygens (including phenoxy) is 1. The summed E-state index contributed by atoms with van der Waals surface area (Å²) in [4.78, 5) is 2.48. The van der Waals surface area contributed by atoms with Crippen LogP contribution in [0.2, 0.25) is 0 Å². The van der Waals surface area contributed by atoms with Crippen molar-refractivity contribution in [1.29, 1.82) is 0 Å². The molecule has 24 heavy (non-hydrogen) atoms. The molecule has 3 rings (SSSR count). The summed E-state index contributed by atoms with van der Waals surface area (Å²) >= 11 is 0. The first-order valence-electron chi connectivity index (χ1n) is 8.77. The molecule has 0 aromatic heterocycles. The van der Waals surface area contributed by atoms with Crippen molar-refractivity contribution in [2.24, 2.45) is 5.92 Å². The van der Waals surface area contributed by atoms with Crippen LogP contribution >= 0.6 is 0 Å². The molecule has 1 N–H and O–H groups in total. The number of rotatable bonds is 5. The van der Waals surface area contributed by atoms with Crippen LogP contribution in [0, 0.1) is 5.92 Å². The first-order valence-corrected chi connectivity index (χ1v) is 8.77. The minimum atomic E-state index is 0.121. The van der Waals surface area contributed by atoms with Crippen LogP contribution in [0.4, 0.5) is 0 Å². The molecule has 0 spiro atoms. The van der Waals surface area contributed by atoms with Gasteiger partial charge in [-0.05, 0) is 54.1 Å². The largest absolute Gasteiger partial charge is 0.508 e. The van der Waals surface area contributed by atoms with Crippen LogP contribution in [0.25, 0.3) is 0 Å². The third kappa shape index (κ3) is 3.73. The lowest BCUT2D eigenvalue weighted by Crippen LogP contribution is -2.48. The van der Waals surface area contributed by atoms with Crippen LogP contribution in [-0.4, -0.2) is 36.2 Å². The van der Waals surface area contributed by atoms with E-state index in [1.807, 2.05) is 42.5 Å². The second-order valence-corrected chi connectivity index (χ2v) is 7.08. The van der Waals surface area contributed by atoms with Crippen LogP contribution in [0.3, 0.4) is 0 Å². The Balaban J connectivity index is 1.55. The van der Waals surface area contributed by atoms with E-state index in [9.17, 15) is 5.11 Å². The van der Waals surface area contributed by atoms with Gasteiger partial charge in [0.15, 0.2) is 0 Å². The van der Waals surface area contributed by atoms with Gasteiger partial charge in [0, 0.05) is 13.1 Å². The summed E-state index contributed by atoms with van der Waals surface area (Å²) in [5, 5.41) is 9.79. The molecule has 1 aliphatic heterocycles. The van der Waals surface area contributed by atoms with Crippen molar-refractivity contribution in [1.82, 2.24) is 4.90 Å². The molecule has 1 aliphatic rings. The molecular formula is C21H27NO2. The molecule has 0 amide bonds. The Bertz CT molecular complexity index is 658. The summed E-state index contributed by atoms with van der Waals surface area (Å²) in [6.45, 7) is 8.44. The molecule has 1 fully saturated rings. The number of para-hydroxylation sites is 1. The van der Waals surface area contributed by atoms with Gasteiger partial charge < -0.3 is 9.84 Å². The topological polar surface area (TPSA) is 32.7 Å². The van der Waals surface area contributed by atoms with Crippen LogP contribution < -0.4 is 4.74 Å². The van der Waals surface area contributed by atoms with E-state index in [2.05, 4.69) is 24.8 Å². The number of piperidine rings is 1. The fourth-order valence-corrected chi connectivity index (χ4v) is 3.62. The van der Waals surface area contributed by atoms with E-state index in [4.69, 9.17) is 4.74 Å². The molecule has 2 aromatic carbocycles. The third-order valence-corrected chi connectivity index (χ3v) is 5.49. The summed E-state index contributed by atoms with van der Waals surface area (Å²) < 4.78 is 5.82. The number of hydrogen-bond donors (Lipinski definition) is 1. The summed E-state index contributed by atoms with van der Waals surface area (Å²) in [5.74, 6) is 1.83. The van der Waals surface area contributed by atoms with Crippen molar-refractivity contribution < 1.29 is 9.84 Å². The highest BCUT2D eigenvalue weighted by molar-refractivity contribution is 5.33. The molecule has 0 bridgehead atoms. The molecular weight excluding hydrogens is 298 g/mol. The van der Waals surface area contributed by atoms with Crippen molar-refractivity contribution in [2.45, 2.75) is 25.7 Å². The Kier molecular flexibility index (Phi) is 5.10. The van der Waals surface area contributed by atoms with Gasteiger partial charge in [0.25, 0.3) is 0 Å². The number of benzene rings is 2. The van der Waals surface area contributed by atoms with Crippen LogP contribution in [-0.2, 0) is 5.41 Å². The zero-order valence-corrected chi connectivity index (χ0v) is 14.6. The Labute approximate surface area is 144 Å². The number of nitrogens with zero attached hydrogens (tertiary/aromatic N) is 1. The zero-order chi connectivity index (χ0) is 17.0. The maximum Gasteiger partial charge on any atom is 0.119 e. The molecule has 3 heteroatoms. The predicted molar refractivity (Wildman–Crippen MR) is 97.6 cm³/mol. The van der Waals surface area contributed by atoms with E-state index in [1.54, 1.807) is 6.07 Å². The second-order valence-electron chi connectivity index (χ2n) is 7.08. The van der Waals surface area contributed by atoms with Crippen LogP contribution in [0.1, 0.15) is 25.8 Å². The van der Waals surface area contributed by atoms with Gasteiger partial charge in [-0.25, -0.2) is 0 Å². The van der Waals surface area contributed by atoms with E-state index in [-0.39, 0.29) is 5.41 Å². The Morgan fingerprint density at radius 2 is 1.96 bits per heavy atom. The van der Waals surface area contributed by atoms with Crippen molar-refractivity contribution in [3.05, 3.63) is 60.2 Å². The smallest absolute Gasteiger partial charge is 0.119 e. The lowest BCUT2D eigenvalue weighted by molar-refractivity contribution is 0.0969. The van der Waals surface area contributed by atoms with Crippen molar-refractivity contribution in [3.8, 4) is 11.5 Å². The second kappa shape index (κ2) is 7.27. The summed E-state index contributed by atoms with van der Waals surface area (Å²) in [6.07, 6.45) is 1.10. The normalized spacial score (nSPS) is 24.7. The van der Waals surface area contributed by atoms with Gasteiger partial charge in [0.1, 0.15) is 18.1 Å². The number of likely N-dealkylation sites (tertiary alicyclic amines) is 1. The highest BCUT2D eigenvalue weighted by Gasteiger charge is 2.37. The van der Waals surface area contributed by atoms with Crippen molar-refractivity contribution in [3.63, 3.8) is 0 Å². The molecule has 0 radical (unpaired) electrons. The molecule has 2 atom stereocenters. The first-order chi connectivity index (χ1) is 11.6. The van der Waals surface area contributed by atoms with E-state index in [0.717, 1.165) is 38.4 Å². The van der Waals surface area contributed by atoms with Gasteiger partial charge >= 0.3 is 0 Å². The maximum atomic E-state index is 9.79. The molecule has 0 unspecified atom stereocenters. The highest BCUT2D eigenvalue weighted by Crippen LogP contribution is 2.40. The molecule has 0 saturated carbocycles. The van der Waals surface area contributed by atoms with E-state index >= 15 is 0 Å². The lowest BCUT2D eigenvalue weighted by atomic mass is 9.68. The average Bonchev–Trinajstić information content (AvgIpc) is 2.59. The molecule has 1 saturated heterocycles. The molecule has 3 nitrogen and oxygen atoms in total. The standard InChI is InChI=1S/C21H27NO2/c1-17-16-22(13-14-24-20-9-4-3-5-10-20)12-11-21(17,2)18-7-6-8-19(23)15-18/h3-10,15,17,23H,11-14,16H2,1-2H3/t17-,21+/m0/s1. The van der Waals surface area contributed by atoms with Gasteiger partial charge in [-0.15, -0.1) is 0 Å². The Morgan fingerprint density at radius 1 is 1.17 bits per heavy atom. The summed E-state index contributed by atoms with van der Waals surface area (Å²) in [5.41, 5.74) is 1.37. The highest BCUT2D eigenvalue weighted by atomic mass is 16.5. The minimum Gasteiger partial charge on any atom is -0.508 e. The lowest BCUT2D eigenvalue weighted by Gasteiger charge is -2.45. The van der Waals surface area contributed by atoms with Gasteiger partial charge in [-0.3, -0.25) is 4.90 Å². The Hall–Kier alpha value is -2.00. The number of phenolic OH excluding ortho intramolecular Hbond substituents is 1. The number of aromatic hydroxyl groups is 1. The molecule has 1 heterocycles. The summed E-state index contributed by atoms with van der Waals surface area (Å²) in [6, 6.07) is 17.8. The fraction of sp³-hybridized carbons (Fsp3) is 0.429. The minimum absolute atomic E-state index is 0.121. The van der Waals surface area contributed by atoms with Crippen molar-refractivity contribution in [2.75, 3.05) is 26.2 Å². The monoisotopic (exact) mass is 325 g/mol. The third-order valence-electron chi connectivity index (χ3n) is 5.49. The van der Waals surface area contributed by atoms with Crippen LogP contribution in [0.5, 0.6) is 11.5 Å². The maximum absolute atomic E-state index is 9.79. The molecule has 128 valence electrons. The Morgan fingerprint density at radius 3 is 2.67 bits per heavy atom. The zero-order valence-electron chi connectivity index (χ0n) is 14.6. The average molecular weight is 325 g/mol. The van der Waals surface area contributed by atoms with E-state index in [1.165, 1.54) is 5.56 Å². The molecule has 0 aliphatic carbocycles. The first kappa shape index (κ1) is 16.8. The summed E-state index contributed by atoms with van der Waals surface area (Å²) in [7, 11) is 0. The molecule has 2 aromatic rings. The number of phenols is 1. The number of hydrogen-bond acceptors (Lipinski definition) is 3. The fourth-order valence-electron chi connectivity index (χ4n) is 3.62. The van der Waals surface area contributed by atoms with Crippen LogP contribution in [0.15, 0.2) is 54.6 Å². The van der Waals surface area contributed by atoms with E-state index < -0.39 is 0 Å². The van der Waals surface area contributed by atoms with Gasteiger partial charge in [-0.2, -0.15) is 0 Å². The van der Waals surface area contributed by atoms with Gasteiger partial charge in [0.2, 0.25) is 0 Å². The van der Waals surface area contributed by atoms with Crippen molar-refractivity contribution >= 4 is 0 Å². The van der Waals surface area contributed by atoms with Gasteiger partial charge in [-0.1, -0.05) is 44.2 Å². The predicted octanol–water partition coefficient (Wildman–Crippen LogP) is 4.07.